The lowest BCUT2D eigenvalue weighted by atomic mass is 10.0. The van der Waals surface area contributed by atoms with Crippen LogP contribution in [0.1, 0.15) is 19.5 Å². The van der Waals surface area contributed by atoms with Gasteiger partial charge in [-0.05, 0) is 19.9 Å². The van der Waals surface area contributed by atoms with Gasteiger partial charge >= 0.3 is 11.9 Å². The summed E-state index contributed by atoms with van der Waals surface area (Å²) in [5.41, 5.74) is 7.42. The molecule has 220 valence electrons. The van der Waals surface area contributed by atoms with Crippen LogP contribution in [0.4, 0.5) is 5.13 Å². The van der Waals surface area contributed by atoms with Crippen molar-refractivity contribution in [1.29, 1.82) is 0 Å². The summed E-state index contributed by atoms with van der Waals surface area (Å²) in [5, 5.41) is 24.7. The lowest BCUT2D eigenvalue weighted by molar-refractivity contribution is -0.663. The Morgan fingerprint density at radius 2 is 2.12 bits per heavy atom. The van der Waals surface area contributed by atoms with Gasteiger partial charge in [-0.1, -0.05) is 28.1 Å². The van der Waals surface area contributed by atoms with E-state index in [0.717, 1.165) is 28.9 Å². The molecular formula is C25H25ClN7O7S2+. The van der Waals surface area contributed by atoms with E-state index in [1.165, 1.54) is 23.6 Å². The van der Waals surface area contributed by atoms with E-state index in [1.807, 2.05) is 42.1 Å². The molecule has 0 aliphatic carbocycles. The minimum atomic E-state index is -1.40. The van der Waals surface area contributed by atoms with E-state index in [0.29, 0.717) is 11.3 Å². The second-order valence-corrected chi connectivity index (χ2v) is 12.1. The number of pyridine rings is 1. The first kappa shape index (κ1) is 29.3. The molecule has 17 heteroatoms. The van der Waals surface area contributed by atoms with E-state index in [4.69, 9.17) is 27.3 Å². The molecule has 2 aliphatic heterocycles. The number of hydrogen-bond acceptors (Lipinski definition) is 10. The molecule has 5 heterocycles. The van der Waals surface area contributed by atoms with Gasteiger partial charge in [-0.3, -0.25) is 14.5 Å². The fourth-order valence-electron chi connectivity index (χ4n) is 4.68. The number of aryl methyl sites for hydroxylation is 1. The molecule has 2 aliphatic rings. The molecule has 5 N–H and O–H groups in total. The largest absolute Gasteiger partial charge is 0.478 e. The number of fused-ring (bicyclic) bond motifs is 2. The average molecular weight is 635 g/mol. The van der Waals surface area contributed by atoms with Crippen molar-refractivity contribution in [1.82, 2.24) is 19.8 Å². The highest BCUT2D eigenvalue weighted by Crippen LogP contribution is 2.40. The number of β-lactam (4-membered cyclic amide) rings is 1. The molecule has 14 nitrogen and oxygen atoms in total. The summed E-state index contributed by atoms with van der Waals surface area (Å²) in [4.78, 5) is 60.2. The van der Waals surface area contributed by atoms with Crippen molar-refractivity contribution in [2.24, 2.45) is 5.16 Å². The predicted molar refractivity (Wildman–Crippen MR) is 154 cm³/mol. The van der Waals surface area contributed by atoms with Gasteiger partial charge in [0, 0.05) is 36.2 Å². The zero-order valence-electron chi connectivity index (χ0n) is 22.2. The van der Waals surface area contributed by atoms with Gasteiger partial charge in [0.1, 0.15) is 32.7 Å². The predicted octanol–water partition coefficient (Wildman–Crippen LogP) is 1.27. The van der Waals surface area contributed by atoms with Crippen molar-refractivity contribution < 1.29 is 38.8 Å². The molecule has 1 saturated heterocycles. The number of thioether (sulfide) groups is 1. The Balaban J connectivity index is 1.39. The number of anilines is 1. The topological polar surface area (TPSA) is 193 Å². The summed E-state index contributed by atoms with van der Waals surface area (Å²) >= 11 is 8.33. The van der Waals surface area contributed by atoms with E-state index < -0.39 is 47.0 Å². The zero-order chi connectivity index (χ0) is 30.3. The van der Waals surface area contributed by atoms with Gasteiger partial charge in [0.2, 0.25) is 11.6 Å². The van der Waals surface area contributed by atoms with E-state index in [1.54, 1.807) is 0 Å². The molecule has 3 aromatic rings. The molecule has 2 amide bonds. The van der Waals surface area contributed by atoms with E-state index >= 15 is 0 Å². The SMILES string of the molecule is CCn1ccc2c1ccc[n+]2CC1=C(C(=O)O)N2C(=O)C(NC(=O)/C(=N\O[C@@H](C)C(=O)O)c3nc(N)sc3Cl)C2SC1. The van der Waals surface area contributed by atoms with Gasteiger partial charge in [0.25, 0.3) is 11.8 Å². The number of carboxylic acids is 2. The number of carboxylic acid groups (broad SMARTS) is 2. The first-order valence-electron chi connectivity index (χ1n) is 12.6. The van der Waals surface area contributed by atoms with Crippen LogP contribution in [0.15, 0.2) is 47.0 Å². The number of thiazole rings is 1. The number of amides is 2. The summed E-state index contributed by atoms with van der Waals surface area (Å²) < 4.78 is 4.02. The molecular weight excluding hydrogens is 610 g/mol. The van der Waals surface area contributed by atoms with Crippen LogP contribution in [0, 0.1) is 0 Å². The normalized spacial score (nSPS) is 19.4. The lowest BCUT2D eigenvalue weighted by Crippen LogP contribution is -2.71. The molecule has 0 aromatic carbocycles. The molecule has 0 bridgehead atoms. The number of carbonyl (C=O) groups excluding carboxylic acids is 2. The Bertz CT molecular complexity index is 1680. The van der Waals surface area contributed by atoms with Gasteiger partial charge < -0.3 is 30.7 Å². The van der Waals surface area contributed by atoms with Crippen LogP contribution in [0.3, 0.4) is 0 Å². The minimum absolute atomic E-state index is 0.00381. The van der Waals surface area contributed by atoms with Gasteiger partial charge in [0.05, 0.1) is 0 Å². The summed E-state index contributed by atoms with van der Waals surface area (Å²) in [5.74, 6) is -3.83. The van der Waals surface area contributed by atoms with Crippen molar-refractivity contribution in [2.75, 3.05) is 11.5 Å². The van der Waals surface area contributed by atoms with Gasteiger partial charge in [-0.15, -0.1) is 11.8 Å². The van der Waals surface area contributed by atoms with Crippen molar-refractivity contribution in [2.45, 2.75) is 44.5 Å². The summed E-state index contributed by atoms with van der Waals surface area (Å²) in [7, 11) is 0. The third-order valence-electron chi connectivity index (χ3n) is 6.74. The first-order valence-corrected chi connectivity index (χ1v) is 14.8. The van der Waals surface area contributed by atoms with Crippen molar-refractivity contribution in [3.05, 3.63) is 51.9 Å². The van der Waals surface area contributed by atoms with Gasteiger partial charge in [0.15, 0.2) is 23.6 Å². The van der Waals surface area contributed by atoms with Crippen molar-refractivity contribution >= 4 is 80.3 Å². The third kappa shape index (κ3) is 5.28. The highest BCUT2D eigenvalue weighted by Gasteiger charge is 2.55. The molecule has 1 fully saturated rings. The van der Waals surface area contributed by atoms with E-state index in [2.05, 4.69) is 20.0 Å². The van der Waals surface area contributed by atoms with Crippen LogP contribution in [0.5, 0.6) is 0 Å². The number of oxime groups is 1. The van der Waals surface area contributed by atoms with Crippen molar-refractivity contribution in [3.8, 4) is 0 Å². The Labute approximate surface area is 251 Å². The summed E-state index contributed by atoms with van der Waals surface area (Å²) in [6, 6.07) is 4.74. The Morgan fingerprint density at radius 3 is 2.76 bits per heavy atom. The second kappa shape index (κ2) is 11.6. The number of nitrogens with one attached hydrogen (secondary N) is 1. The Kier molecular flexibility index (Phi) is 8.12. The molecule has 3 atom stereocenters. The van der Waals surface area contributed by atoms with Crippen LogP contribution >= 0.6 is 34.7 Å². The standard InChI is InChI=1S/C25H24ClN7O7S2/c1-3-31-8-6-14-13(31)5-4-7-32(14)9-12-10-41-22-17(21(35)33(22)18(12)24(38)39)28-20(34)16(30-40-11(2)23(36)37)15-19(26)42-25(27)29-15/h4-8,11,17,22H,3,9-10H2,1-2H3,(H4-,27,28,29,34,36,37,38,39)/p+1/b30-16-/t11-,17?,22?/m0/s1. The second-order valence-electron chi connectivity index (χ2n) is 9.33. The summed E-state index contributed by atoms with van der Waals surface area (Å²) in [6.07, 6.45) is 2.42. The molecule has 0 radical (unpaired) electrons. The van der Waals surface area contributed by atoms with Crippen LogP contribution in [0.25, 0.3) is 11.0 Å². The number of rotatable bonds is 10. The molecule has 2 unspecified atom stereocenters. The maximum absolute atomic E-state index is 13.3. The number of halogens is 1. The molecule has 0 saturated carbocycles. The Morgan fingerprint density at radius 1 is 1.36 bits per heavy atom. The number of nitrogens with zero attached hydrogens (tertiary/aromatic N) is 5. The van der Waals surface area contributed by atoms with Crippen LogP contribution < -0.4 is 15.6 Å². The fourth-order valence-corrected chi connectivity index (χ4v) is 6.95. The molecule has 3 aromatic heterocycles. The highest BCUT2D eigenvalue weighted by molar-refractivity contribution is 8.00. The maximum Gasteiger partial charge on any atom is 0.352 e. The number of aliphatic carboxylic acids is 2. The molecule has 42 heavy (non-hydrogen) atoms. The van der Waals surface area contributed by atoms with Crippen LogP contribution in [-0.4, -0.2) is 77.4 Å². The first-order chi connectivity index (χ1) is 20.0. The number of nitrogen functional groups attached to an aromatic ring is 1. The average Bonchev–Trinajstić information content (AvgIpc) is 3.53. The highest BCUT2D eigenvalue weighted by atomic mass is 35.5. The number of carbonyl (C=O) groups is 4. The molecule has 0 spiro atoms. The quantitative estimate of drug-likeness (QED) is 0.109. The lowest BCUT2D eigenvalue weighted by Gasteiger charge is -2.49. The van der Waals surface area contributed by atoms with Crippen LogP contribution in [0.2, 0.25) is 4.34 Å². The van der Waals surface area contributed by atoms with Gasteiger partial charge in [-0.25, -0.2) is 14.6 Å². The van der Waals surface area contributed by atoms with Gasteiger partial charge in [-0.2, -0.15) is 4.57 Å². The number of aromatic nitrogens is 3. The van der Waals surface area contributed by atoms with E-state index in [-0.39, 0.29) is 27.4 Å². The number of nitrogens with two attached hydrogens (primary N) is 1. The van der Waals surface area contributed by atoms with Crippen molar-refractivity contribution in [3.63, 3.8) is 0 Å². The fraction of sp³-hybridized carbons (Fsp3) is 0.320. The zero-order valence-corrected chi connectivity index (χ0v) is 24.6. The molecule has 5 rings (SSSR count). The Hall–Kier alpha value is -4.15. The minimum Gasteiger partial charge on any atom is -0.478 e. The van der Waals surface area contributed by atoms with E-state index in [9.17, 15) is 24.3 Å². The van der Waals surface area contributed by atoms with Crippen LogP contribution in [-0.2, 0) is 37.1 Å². The summed E-state index contributed by atoms with van der Waals surface area (Å²) in [6.45, 7) is 4.28. The smallest absolute Gasteiger partial charge is 0.352 e. The monoisotopic (exact) mass is 634 g/mol. The number of hydrogen-bond donors (Lipinski definition) is 4. The maximum atomic E-state index is 13.3. The third-order valence-corrected chi connectivity index (χ3v) is 9.17.